The Hall–Kier alpha value is -1.02. The van der Waals surface area contributed by atoms with Crippen LogP contribution in [0.2, 0.25) is 0 Å². The summed E-state index contributed by atoms with van der Waals surface area (Å²) in [5.41, 5.74) is 0.241. The molecule has 0 aromatic rings. The predicted molar refractivity (Wildman–Crippen MR) is 97.4 cm³/mol. The van der Waals surface area contributed by atoms with Gasteiger partial charge in [-0.2, -0.15) is 13.2 Å². The number of rotatable bonds is 8. The van der Waals surface area contributed by atoms with Gasteiger partial charge in [-0.25, -0.2) is 0 Å². The number of alkyl halides is 3. The van der Waals surface area contributed by atoms with E-state index in [1.165, 1.54) is 30.6 Å². The van der Waals surface area contributed by atoms with Crippen molar-refractivity contribution in [3.63, 3.8) is 0 Å². The Balaban J connectivity index is 1.78. The summed E-state index contributed by atoms with van der Waals surface area (Å²) in [6.07, 6.45) is 2.47. The first-order chi connectivity index (χ1) is 12.4. The molecule has 2 fully saturated rings. The summed E-state index contributed by atoms with van der Waals surface area (Å²) in [6.45, 7) is 4.38. The van der Waals surface area contributed by atoms with Gasteiger partial charge in [0.1, 0.15) is 0 Å². The average molecular weight is 378 g/mol. The predicted octanol–water partition coefficient (Wildman–Crippen LogP) is 2.78. The van der Waals surface area contributed by atoms with E-state index in [1.807, 2.05) is 6.92 Å². The van der Waals surface area contributed by atoms with E-state index in [1.54, 1.807) is 7.05 Å². The van der Waals surface area contributed by atoms with E-state index in [0.29, 0.717) is 25.5 Å². The van der Waals surface area contributed by atoms with Crippen molar-refractivity contribution < 1.29 is 17.9 Å². The molecule has 1 aliphatic heterocycles. The number of ether oxygens (including phenoxy) is 1. The molecule has 26 heavy (non-hydrogen) atoms. The van der Waals surface area contributed by atoms with Gasteiger partial charge < -0.3 is 15.4 Å². The number of hydrogen-bond donors (Lipinski definition) is 2. The second-order valence-corrected chi connectivity index (χ2v) is 7.56. The van der Waals surface area contributed by atoms with Gasteiger partial charge in [-0.15, -0.1) is 0 Å². The first-order valence-corrected chi connectivity index (χ1v) is 9.70. The fourth-order valence-electron chi connectivity index (χ4n) is 4.08. The number of likely N-dealkylation sites (tertiary alicyclic amines) is 1. The third kappa shape index (κ3) is 6.95. The van der Waals surface area contributed by atoms with Crippen molar-refractivity contribution in [1.82, 2.24) is 15.5 Å². The van der Waals surface area contributed by atoms with Gasteiger partial charge >= 0.3 is 6.18 Å². The number of guanidine groups is 1. The van der Waals surface area contributed by atoms with Crippen LogP contribution in [0.3, 0.4) is 0 Å². The molecule has 0 spiro atoms. The number of hydrogen-bond acceptors (Lipinski definition) is 3. The zero-order valence-electron chi connectivity index (χ0n) is 16.0. The highest BCUT2D eigenvalue weighted by Crippen LogP contribution is 2.40. The second-order valence-electron chi connectivity index (χ2n) is 7.56. The lowest BCUT2D eigenvalue weighted by molar-refractivity contribution is -0.143. The minimum absolute atomic E-state index is 0.00602. The molecule has 2 rings (SSSR count). The van der Waals surface area contributed by atoms with E-state index >= 15 is 0 Å². The molecule has 152 valence electrons. The molecule has 1 saturated heterocycles. The Morgan fingerprint density at radius 1 is 1.31 bits per heavy atom. The Labute approximate surface area is 154 Å². The van der Waals surface area contributed by atoms with Crippen LogP contribution in [0.4, 0.5) is 13.2 Å². The summed E-state index contributed by atoms with van der Waals surface area (Å²) >= 11 is 0. The van der Waals surface area contributed by atoms with Crippen LogP contribution in [-0.2, 0) is 4.74 Å². The summed E-state index contributed by atoms with van der Waals surface area (Å²) in [5.74, 6) is 0.687. The van der Waals surface area contributed by atoms with Crippen LogP contribution in [0.1, 0.15) is 45.4 Å². The zero-order valence-corrected chi connectivity index (χ0v) is 16.0. The minimum atomic E-state index is -4.13. The molecule has 0 aromatic carbocycles. The van der Waals surface area contributed by atoms with E-state index in [-0.39, 0.29) is 11.5 Å². The lowest BCUT2D eigenvalue weighted by atomic mass is 9.83. The minimum Gasteiger partial charge on any atom is -0.382 e. The molecule has 0 bridgehead atoms. The van der Waals surface area contributed by atoms with Crippen LogP contribution >= 0.6 is 0 Å². The van der Waals surface area contributed by atoms with Crippen molar-refractivity contribution in [3.8, 4) is 0 Å². The summed E-state index contributed by atoms with van der Waals surface area (Å²) in [7, 11) is 1.71. The van der Waals surface area contributed by atoms with Crippen molar-refractivity contribution in [2.75, 3.05) is 46.4 Å². The second kappa shape index (κ2) is 9.78. The fraction of sp³-hybridized carbons (Fsp3) is 0.944. The Morgan fingerprint density at radius 2 is 2.04 bits per heavy atom. The standard InChI is InChI=1S/C18H33F3N4O/c1-3-26-11-9-17(7-4-5-8-17)13-23-16(22-2)24-15-6-10-25(12-15)14-18(19,20)21/h15H,3-14H2,1-2H3,(H2,22,23,24). The van der Waals surface area contributed by atoms with Crippen LogP contribution in [0.5, 0.6) is 0 Å². The molecule has 0 aromatic heterocycles. The van der Waals surface area contributed by atoms with E-state index in [0.717, 1.165) is 26.2 Å². The number of halogens is 3. The van der Waals surface area contributed by atoms with Gasteiger partial charge in [0.05, 0.1) is 6.54 Å². The number of nitrogens with zero attached hydrogens (tertiary/aromatic N) is 2. The van der Waals surface area contributed by atoms with Crippen LogP contribution < -0.4 is 10.6 Å². The van der Waals surface area contributed by atoms with Crippen LogP contribution in [-0.4, -0.2) is 69.5 Å². The molecule has 0 radical (unpaired) electrons. The first kappa shape index (κ1) is 21.3. The Kier molecular flexibility index (Phi) is 8.01. The normalized spacial score (nSPS) is 24.2. The molecule has 2 aliphatic rings. The maximum atomic E-state index is 12.5. The molecular formula is C18H33F3N4O. The van der Waals surface area contributed by atoms with E-state index in [4.69, 9.17) is 4.74 Å². The molecule has 1 heterocycles. The van der Waals surface area contributed by atoms with E-state index in [2.05, 4.69) is 15.6 Å². The third-order valence-corrected chi connectivity index (χ3v) is 5.52. The lowest BCUT2D eigenvalue weighted by Gasteiger charge is -2.30. The molecule has 1 aliphatic carbocycles. The largest absolute Gasteiger partial charge is 0.401 e. The fourth-order valence-corrected chi connectivity index (χ4v) is 4.08. The van der Waals surface area contributed by atoms with Crippen LogP contribution in [0.15, 0.2) is 4.99 Å². The highest BCUT2D eigenvalue weighted by atomic mass is 19.4. The van der Waals surface area contributed by atoms with E-state index < -0.39 is 12.7 Å². The SMILES string of the molecule is CCOCCC1(CNC(=NC)NC2CCN(CC(F)(F)F)C2)CCCC1. The monoisotopic (exact) mass is 378 g/mol. The van der Waals surface area contributed by atoms with E-state index in [9.17, 15) is 13.2 Å². The van der Waals surface area contributed by atoms with Crippen molar-refractivity contribution >= 4 is 5.96 Å². The molecule has 5 nitrogen and oxygen atoms in total. The molecular weight excluding hydrogens is 345 g/mol. The van der Waals surface area contributed by atoms with Gasteiger partial charge in [0.15, 0.2) is 5.96 Å². The summed E-state index contributed by atoms with van der Waals surface area (Å²) in [6, 6.07) is 0.00602. The summed E-state index contributed by atoms with van der Waals surface area (Å²) in [4.78, 5) is 5.71. The Morgan fingerprint density at radius 3 is 2.65 bits per heavy atom. The number of nitrogens with one attached hydrogen (secondary N) is 2. The molecule has 2 N–H and O–H groups in total. The topological polar surface area (TPSA) is 48.9 Å². The number of aliphatic imine (C=N–C) groups is 1. The van der Waals surface area contributed by atoms with Crippen molar-refractivity contribution in [1.29, 1.82) is 0 Å². The summed E-state index contributed by atoms with van der Waals surface area (Å²) in [5, 5.41) is 6.70. The maximum absolute atomic E-state index is 12.5. The van der Waals surface area contributed by atoms with Gasteiger partial charge in [0.25, 0.3) is 0 Å². The quantitative estimate of drug-likeness (QED) is 0.387. The third-order valence-electron chi connectivity index (χ3n) is 5.52. The smallest absolute Gasteiger partial charge is 0.382 e. The van der Waals surface area contributed by atoms with Gasteiger partial charge in [0, 0.05) is 45.9 Å². The zero-order chi connectivity index (χ0) is 19.0. The lowest BCUT2D eigenvalue weighted by Crippen LogP contribution is -2.48. The van der Waals surface area contributed by atoms with Crippen molar-refractivity contribution in [3.05, 3.63) is 0 Å². The van der Waals surface area contributed by atoms with Gasteiger partial charge in [-0.1, -0.05) is 12.8 Å². The first-order valence-electron chi connectivity index (χ1n) is 9.70. The van der Waals surface area contributed by atoms with Gasteiger partial charge in [-0.05, 0) is 38.0 Å². The van der Waals surface area contributed by atoms with Crippen molar-refractivity contribution in [2.24, 2.45) is 10.4 Å². The van der Waals surface area contributed by atoms with Gasteiger partial charge in [-0.3, -0.25) is 9.89 Å². The molecule has 8 heteroatoms. The molecule has 0 amide bonds. The molecule has 1 atom stereocenters. The highest BCUT2D eigenvalue weighted by Gasteiger charge is 2.35. The van der Waals surface area contributed by atoms with Crippen LogP contribution in [0.25, 0.3) is 0 Å². The summed E-state index contributed by atoms with van der Waals surface area (Å²) < 4.78 is 43.1. The highest BCUT2D eigenvalue weighted by molar-refractivity contribution is 5.80. The average Bonchev–Trinajstić information content (AvgIpc) is 3.20. The molecule has 1 saturated carbocycles. The Bertz CT molecular complexity index is 450. The van der Waals surface area contributed by atoms with Crippen LogP contribution in [0, 0.1) is 5.41 Å². The molecule has 1 unspecified atom stereocenters. The maximum Gasteiger partial charge on any atom is 0.401 e. The van der Waals surface area contributed by atoms with Gasteiger partial charge in [0.2, 0.25) is 0 Å². The van der Waals surface area contributed by atoms with Crippen molar-refractivity contribution in [2.45, 2.75) is 57.7 Å².